The average molecular weight is 241 g/mol. The largest absolute Gasteiger partial charge is 0.369 e. The van der Waals surface area contributed by atoms with E-state index in [-0.39, 0.29) is 6.61 Å². The summed E-state index contributed by atoms with van der Waals surface area (Å²) >= 11 is 0. The molecule has 0 spiro atoms. The number of rotatable bonds is 4. The van der Waals surface area contributed by atoms with Gasteiger partial charge in [-0.15, -0.1) is 0 Å². The molecule has 0 saturated heterocycles. The van der Waals surface area contributed by atoms with Crippen molar-refractivity contribution in [2.75, 3.05) is 30.9 Å². The number of anilines is 1. The van der Waals surface area contributed by atoms with Gasteiger partial charge < -0.3 is 4.90 Å². The zero-order valence-corrected chi connectivity index (χ0v) is 10.0. The van der Waals surface area contributed by atoms with Gasteiger partial charge in [0.05, 0.1) is 12.9 Å². The molecule has 4 nitrogen and oxygen atoms in total. The maximum atomic E-state index is 10.8. The molecule has 1 aliphatic rings. The number of nitrogens with zero attached hydrogens (tertiary/aromatic N) is 1. The molecule has 2 rings (SSSR count). The molecule has 0 bridgehead atoms. The number of hydrogen-bond acceptors (Lipinski definition) is 4. The van der Waals surface area contributed by atoms with E-state index in [9.17, 15) is 8.42 Å². The van der Waals surface area contributed by atoms with Crippen LogP contribution in [0.15, 0.2) is 24.3 Å². The maximum Gasteiger partial charge on any atom is 0.264 e. The first-order valence-electron chi connectivity index (χ1n) is 5.23. The number of hydrogen-bond donors (Lipinski definition) is 0. The van der Waals surface area contributed by atoms with Crippen LogP contribution in [0.5, 0.6) is 0 Å². The van der Waals surface area contributed by atoms with Crippen LogP contribution >= 0.6 is 0 Å². The van der Waals surface area contributed by atoms with Crippen molar-refractivity contribution in [2.24, 2.45) is 0 Å². The molecule has 0 amide bonds. The minimum Gasteiger partial charge on any atom is -0.369 e. The molecular formula is C11H15NO3S. The molecule has 88 valence electrons. The number of fused-ring (bicyclic) bond motifs is 1. The van der Waals surface area contributed by atoms with E-state index in [1.807, 2.05) is 12.1 Å². The molecule has 0 N–H and O–H groups in total. The van der Waals surface area contributed by atoms with Crippen LogP contribution in [0, 0.1) is 0 Å². The Balaban J connectivity index is 1.94. The van der Waals surface area contributed by atoms with Crippen molar-refractivity contribution in [2.45, 2.75) is 6.42 Å². The fourth-order valence-electron chi connectivity index (χ4n) is 1.94. The molecule has 1 aromatic carbocycles. The molecule has 1 heterocycles. The molecule has 0 aliphatic carbocycles. The van der Waals surface area contributed by atoms with Crippen LogP contribution in [0.2, 0.25) is 0 Å². The molecule has 1 aliphatic heterocycles. The summed E-state index contributed by atoms with van der Waals surface area (Å²) in [5, 5.41) is 0. The second-order valence-corrected chi connectivity index (χ2v) is 5.54. The minimum absolute atomic E-state index is 0.215. The average Bonchev–Trinajstić information content (AvgIpc) is 2.60. The number of para-hydroxylation sites is 1. The van der Waals surface area contributed by atoms with Crippen molar-refractivity contribution in [3.05, 3.63) is 29.8 Å². The summed E-state index contributed by atoms with van der Waals surface area (Å²) < 4.78 is 26.4. The van der Waals surface area contributed by atoms with Crippen molar-refractivity contribution in [3.8, 4) is 0 Å². The van der Waals surface area contributed by atoms with Crippen LogP contribution in [0.25, 0.3) is 0 Å². The van der Waals surface area contributed by atoms with Crippen LogP contribution < -0.4 is 4.90 Å². The van der Waals surface area contributed by atoms with E-state index in [1.165, 1.54) is 11.3 Å². The fourth-order valence-corrected chi connectivity index (χ4v) is 2.31. The monoisotopic (exact) mass is 241 g/mol. The second-order valence-electron chi connectivity index (χ2n) is 3.89. The Morgan fingerprint density at radius 2 is 2.12 bits per heavy atom. The van der Waals surface area contributed by atoms with E-state index in [0.717, 1.165) is 19.2 Å². The van der Waals surface area contributed by atoms with Crippen molar-refractivity contribution >= 4 is 15.8 Å². The molecule has 0 saturated carbocycles. The lowest BCUT2D eigenvalue weighted by atomic mass is 10.2. The van der Waals surface area contributed by atoms with Gasteiger partial charge in [0.1, 0.15) is 0 Å². The van der Waals surface area contributed by atoms with E-state index < -0.39 is 10.1 Å². The SMILES string of the molecule is CS(=O)(=O)OCCN1CCc2ccccc21. The van der Waals surface area contributed by atoms with Crippen molar-refractivity contribution in [1.29, 1.82) is 0 Å². The normalized spacial score (nSPS) is 15.2. The zero-order chi connectivity index (χ0) is 11.6. The summed E-state index contributed by atoms with van der Waals surface area (Å²) in [7, 11) is -3.32. The summed E-state index contributed by atoms with van der Waals surface area (Å²) in [6.45, 7) is 1.77. The highest BCUT2D eigenvalue weighted by molar-refractivity contribution is 7.85. The van der Waals surface area contributed by atoms with Gasteiger partial charge >= 0.3 is 0 Å². The second kappa shape index (κ2) is 4.43. The summed E-state index contributed by atoms with van der Waals surface area (Å²) in [4.78, 5) is 2.15. The Bertz CT molecular complexity index is 470. The van der Waals surface area contributed by atoms with Crippen LogP contribution in [-0.4, -0.2) is 34.4 Å². The summed E-state index contributed by atoms with van der Waals surface area (Å²) in [6.07, 6.45) is 2.10. The predicted molar refractivity (Wildman–Crippen MR) is 63.2 cm³/mol. The summed E-state index contributed by atoms with van der Waals surface area (Å²) in [5.41, 5.74) is 2.52. The Morgan fingerprint density at radius 3 is 2.88 bits per heavy atom. The Morgan fingerprint density at radius 1 is 1.38 bits per heavy atom. The predicted octanol–water partition coefficient (Wildman–Crippen LogP) is 1.03. The first-order valence-corrected chi connectivity index (χ1v) is 7.05. The Labute approximate surface area is 96.0 Å². The molecule has 0 unspecified atom stereocenters. The highest BCUT2D eigenvalue weighted by atomic mass is 32.2. The van der Waals surface area contributed by atoms with Gasteiger partial charge in [0.15, 0.2) is 0 Å². The highest BCUT2D eigenvalue weighted by Crippen LogP contribution is 2.26. The first-order chi connectivity index (χ1) is 7.56. The van der Waals surface area contributed by atoms with Gasteiger partial charge in [0.2, 0.25) is 0 Å². The lowest BCUT2D eigenvalue weighted by Gasteiger charge is -2.18. The van der Waals surface area contributed by atoms with E-state index in [1.54, 1.807) is 0 Å². The van der Waals surface area contributed by atoms with Gasteiger partial charge in [-0.3, -0.25) is 4.18 Å². The molecule has 5 heteroatoms. The lowest BCUT2D eigenvalue weighted by molar-refractivity contribution is 0.328. The van der Waals surface area contributed by atoms with Crippen LogP contribution in [0.4, 0.5) is 5.69 Å². The lowest BCUT2D eigenvalue weighted by Crippen LogP contribution is -2.26. The van der Waals surface area contributed by atoms with E-state index in [2.05, 4.69) is 17.0 Å². The smallest absolute Gasteiger partial charge is 0.264 e. The quantitative estimate of drug-likeness (QED) is 0.739. The highest BCUT2D eigenvalue weighted by Gasteiger charge is 2.18. The van der Waals surface area contributed by atoms with Gasteiger partial charge in [-0.1, -0.05) is 18.2 Å². The Kier molecular flexibility index (Phi) is 3.16. The topological polar surface area (TPSA) is 46.6 Å². The zero-order valence-electron chi connectivity index (χ0n) is 9.22. The van der Waals surface area contributed by atoms with E-state index >= 15 is 0 Å². The van der Waals surface area contributed by atoms with Crippen molar-refractivity contribution < 1.29 is 12.6 Å². The third-order valence-electron chi connectivity index (χ3n) is 2.64. The Hall–Kier alpha value is -1.07. The number of benzene rings is 1. The van der Waals surface area contributed by atoms with Crippen LogP contribution in [0.1, 0.15) is 5.56 Å². The minimum atomic E-state index is -3.32. The molecule has 0 aromatic heterocycles. The van der Waals surface area contributed by atoms with Gasteiger partial charge in [0, 0.05) is 18.8 Å². The van der Waals surface area contributed by atoms with Crippen molar-refractivity contribution in [1.82, 2.24) is 0 Å². The molecule has 1 aromatic rings. The summed E-state index contributed by atoms with van der Waals surface area (Å²) in [5.74, 6) is 0. The van der Waals surface area contributed by atoms with E-state index in [4.69, 9.17) is 4.18 Å². The van der Waals surface area contributed by atoms with Gasteiger partial charge in [-0.05, 0) is 18.1 Å². The van der Waals surface area contributed by atoms with Gasteiger partial charge in [-0.25, -0.2) is 0 Å². The fraction of sp³-hybridized carbons (Fsp3) is 0.455. The summed E-state index contributed by atoms with van der Waals surface area (Å²) in [6, 6.07) is 8.18. The molecule has 16 heavy (non-hydrogen) atoms. The molecule has 0 atom stereocenters. The van der Waals surface area contributed by atoms with Crippen LogP contribution in [0.3, 0.4) is 0 Å². The molecule has 0 radical (unpaired) electrons. The van der Waals surface area contributed by atoms with Crippen molar-refractivity contribution in [3.63, 3.8) is 0 Å². The third kappa shape index (κ3) is 2.74. The van der Waals surface area contributed by atoms with Gasteiger partial charge in [0.25, 0.3) is 10.1 Å². The molecule has 0 fully saturated rings. The van der Waals surface area contributed by atoms with Gasteiger partial charge in [-0.2, -0.15) is 8.42 Å². The molecular weight excluding hydrogens is 226 g/mol. The third-order valence-corrected chi connectivity index (χ3v) is 3.24. The maximum absolute atomic E-state index is 10.8. The van der Waals surface area contributed by atoms with Crippen LogP contribution in [-0.2, 0) is 20.7 Å². The first kappa shape index (κ1) is 11.4. The standard InChI is InChI=1S/C11H15NO3S/c1-16(13,14)15-9-8-12-7-6-10-4-2-3-5-11(10)12/h2-5H,6-9H2,1H3. The van der Waals surface area contributed by atoms with E-state index in [0.29, 0.717) is 6.54 Å².